The lowest BCUT2D eigenvalue weighted by atomic mass is 10.3. The first-order valence-electron chi connectivity index (χ1n) is 6.11. The fourth-order valence-electron chi connectivity index (χ4n) is 1.80. The van der Waals surface area contributed by atoms with Gasteiger partial charge in [-0.15, -0.1) is 11.3 Å². The molecule has 0 unspecified atom stereocenters. The Hall–Kier alpha value is -0.690. The van der Waals surface area contributed by atoms with E-state index in [1.165, 1.54) is 11.3 Å². The van der Waals surface area contributed by atoms with E-state index in [0.29, 0.717) is 17.3 Å². The fourth-order valence-corrected chi connectivity index (χ4v) is 5.42. The monoisotopic (exact) mass is 315 g/mol. The van der Waals surface area contributed by atoms with E-state index in [0.717, 1.165) is 16.9 Å². The molecule has 0 radical (unpaired) electrons. The third-order valence-electron chi connectivity index (χ3n) is 2.72. The van der Waals surface area contributed by atoms with Gasteiger partial charge in [0.25, 0.3) is 10.0 Å². The lowest BCUT2D eigenvalue weighted by Crippen LogP contribution is -2.30. The van der Waals surface area contributed by atoms with E-state index in [1.807, 2.05) is 36.7 Å². The highest BCUT2D eigenvalue weighted by Crippen LogP contribution is 2.26. The summed E-state index contributed by atoms with van der Waals surface area (Å²) in [4.78, 5) is 1.02. The van der Waals surface area contributed by atoms with Crippen molar-refractivity contribution in [1.82, 2.24) is 4.31 Å². The highest BCUT2D eigenvalue weighted by atomic mass is 32.2. The number of rotatable bonds is 6. The molecule has 0 N–H and O–H groups in total. The molecule has 0 spiro atoms. The van der Waals surface area contributed by atoms with Crippen LogP contribution in [-0.4, -0.2) is 19.3 Å². The van der Waals surface area contributed by atoms with Crippen LogP contribution in [0.1, 0.15) is 23.8 Å². The Balaban J connectivity index is 2.27. The molecule has 0 bridgehead atoms. The number of thiophene rings is 2. The van der Waals surface area contributed by atoms with Crippen molar-refractivity contribution in [1.29, 1.82) is 0 Å². The van der Waals surface area contributed by atoms with Gasteiger partial charge in [-0.1, -0.05) is 6.92 Å². The topological polar surface area (TPSA) is 37.4 Å². The van der Waals surface area contributed by atoms with Crippen molar-refractivity contribution in [2.24, 2.45) is 0 Å². The SMILES string of the molecule is CCCN(Cc1ccsc1)S(=O)(=O)c1ccc(C)s1. The summed E-state index contributed by atoms with van der Waals surface area (Å²) in [5.41, 5.74) is 1.05. The second-order valence-electron chi connectivity index (χ2n) is 4.34. The maximum absolute atomic E-state index is 12.6. The van der Waals surface area contributed by atoms with Crippen LogP contribution in [0, 0.1) is 6.92 Å². The van der Waals surface area contributed by atoms with Crippen LogP contribution < -0.4 is 0 Å². The molecule has 2 aromatic rings. The van der Waals surface area contributed by atoms with Gasteiger partial charge in [-0.25, -0.2) is 8.42 Å². The maximum atomic E-state index is 12.6. The van der Waals surface area contributed by atoms with Crippen molar-refractivity contribution in [2.45, 2.75) is 31.0 Å². The molecular weight excluding hydrogens is 298 g/mol. The standard InChI is InChI=1S/C13H17NO2S3/c1-3-7-14(9-12-6-8-17-10-12)19(15,16)13-5-4-11(2)18-13/h4-6,8,10H,3,7,9H2,1-2H3. The third-order valence-corrected chi connectivity index (χ3v) is 6.77. The summed E-state index contributed by atoms with van der Waals surface area (Å²) >= 11 is 2.93. The molecule has 2 rings (SSSR count). The zero-order chi connectivity index (χ0) is 13.9. The molecule has 0 aliphatic rings. The molecule has 0 atom stereocenters. The molecule has 6 heteroatoms. The lowest BCUT2D eigenvalue weighted by Gasteiger charge is -2.20. The predicted molar refractivity (Wildman–Crippen MR) is 81.3 cm³/mol. The van der Waals surface area contributed by atoms with Crippen LogP contribution in [0.4, 0.5) is 0 Å². The average Bonchev–Trinajstić information content (AvgIpc) is 3.00. The summed E-state index contributed by atoms with van der Waals surface area (Å²) < 4.78 is 27.2. The van der Waals surface area contributed by atoms with Gasteiger partial charge >= 0.3 is 0 Å². The van der Waals surface area contributed by atoms with Crippen LogP contribution in [0.25, 0.3) is 0 Å². The van der Waals surface area contributed by atoms with Gasteiger partial charge in [0, 0.05) is 18.0 Å². The van der Waals surface area contributed by atoms with Crippen molar-refractivity contribution in [3.63, 3.8) is 0 Å². The number of nitrogens with zero attached hydrogens (tertiary/aromatic N) is 1. The summed E-state index contributed by atoms with van der Waals surface area (Å²) in [6.45, 7) is 4.92. The van der Waals surface area contributed by atoms with Gasteiger partial charge < -0.3 is 0 Å². The normalized spacial score (nSPS) is 12.2. The van der Waals surface area contributed by atoms with Gasteiger partial charge in [-0.3, -0.25) is 0 Å². The highest BCUT2D eigenvalue weighted by molar-refractivity contribution is 7.91. The number of sulfonamides is 1. The summed E-state index contributed by atoms with van der Waals surface area (Å²) in [7, 11) is -3.36. The van der Waals surface area contributed by atoms with Gasteiger partial charge in [0.15, 0.2) is 0 Å². The number of hydrogen-bond acceptors (Lipinski definition) is 4. The Morgan fingerprint density at radius 3 is 2.58 bits per heavy atom. The molecule has 2 aromatic heterocycles. The largest absolute Gasteiger partial charge is 0.252 e. The van der Waals surface area contributed by atoms with Crippen LogP contribution >= 0.6 is 22.7 Å². The minimum absolute atomic E-state index is 0.439. The molecule has 19 heavy (non-hydrogen) atoms. The zero-order valence-corrected chi connectivity index (χ0v) is 13.4. The lowest BCUT2D eigenvalue weighted by molar-refractivity contribution is 0.407. The van der Waals surface area contributed by atoms with Crippen molar-refractivity contribution >= 4 is 32.7 Å². The highest BCUT2D eigenvalue weighted by Gasteiger charge is 2.25. The Bertz CT molecular complexity index is 614. The van der Waals surface area contributed by atoms with E-state index in [1.54, 1.807) is 21.7 Å². The molecule has 0 amide bonds. The average molecular weight is 315 g/mol. The molecule has 104 valence electrons. The van der Waals surface area contributed by atoms with Crippen molar-refractivity contribution in [3.8, 4) is 0 Å². The molecule has 0 saturated carbocycles. The summed E-state index contributed by atoms with van der Waals surface area (Å²) in [5, 5.41) is 3.97. The molecule has 0 aromatic carbocycles. The molecule has 3 nitrogen and oxygen atoms in total. The van der Waals surface area contributed by atoms with E-state index in [2.05, 4.69) is 0 Å². The van der Waals surface area contributed by atoms with Crippen molar-refractivity contribution in [2.75, 3.05) is 6.54 Å². The van der Waals surface area contributed by atoms with Crippen LogP contribution in [0.2, 0.25) is 0 Å². The molecule has 0 aliphatic carbocycles. The maximum Gasteiger partial charge on any atom is 0.252 e. The van der Waals surface area contributed by atoms with E-state index < -0.39 is 10.0 Å². The van der Waals surface area contributed by atoms with Crippen LogP contribution in [0.3, 0.4) is 0 Å². The number of aryl methyl sites for hydroxylation is 1. The van der Waals surface area contributed by atoms with E-state index in [-0.39, 0.29) is 0 Å². The Kier molecular flexibility index (Phi) is 4.78. The predicted octanol–water partition coefficient (Wildman–Crippen LogP) is 3.72. The van der Waals surface area contributed by atoms with Gasteiger partial charge in [-0.05, 0) is 47.9 Å². The smallest absolute Gasteiger partial charge is 0.206 e. The van der Waals surface area contributed by atoms with E-state index in [9.17, 15) is 8.42 Å². The molecule has 0 fully saturated rings. The van der Waals surface area contributed by atoms with Crippen molar-refractivity contribution in [3.05, 3.63) is 39.4 Å². The van der Waals surface area contributed by atoms with Crippen LogP contribution in [0.5, 0.6) is 0 Å². The Labute approximate surface area is 122 Å². The van der Waals surface area contributed by atoms with Gasteiger partial charge in [0.05, 0.1) is 0 Å². The third kappa shape index (κ3) is 3.45. The van der Waals surface area contributed by atoms with E-state index >= 15 is 0 Å². The number of hydrogen-bond donors (Lipinski definition) is 0. The minimum atomic E-state index is -3.36. The zero-order valence-electron chi connectivity index (χ0n) is 11.0. The second kappa shape index (κ2) is 6.17. The summed E-state index contributed by atoms with van der Waals surface area (Å²) in [6, 6.07) is 5.53. The van der Waals surface area contributed by atoms with Crippen LogP contribution in [-0.2, 0) is 16.6 Å². The van der Waals surface area contributed by atoms with Gasteiger partial charge in [-0.2, -0.15) is 15.6 Å². The summed E-state index contributed by atoms with van der Waals surface area (Å²) in [5.74, 6) is 0. The van der Waals surface area contributed by atoms with Crippen molar-refractivity contribution < 1.29 is 8.42 Å². The minimum Gasteiger partial charge on any atom is -0.206 e. The van der Waals surface area contributed by atoms with E-state index in [4.69, 9.17) is 0 Å². The molecule has 0 saturated heterocycles. The van der Waals surface area contributed by atoms with Gasteiger partial charge in [0.2, 0.25) is 0 Å². The second-order valence-corrected chi connectivity index (χ2v) is 8.57. The van der Waals surface area contributed by atoms with Crippen LogP contribution in [0.15, 0.2) is 33.2 Å². The first kappa shape index (κ1) is 14.7. The molecule has 2 heterocycles. The Morgan fingerprint density at radius 2 is 2.05 bits per heavy atom. The Morgan fingerprint density at radius 1 is 1.26 bits per heavy atom. The molecular formula is C13H17NO2S3. The van der Waals surface area contributed by atoms with Gasteiger partial charge in [0.1, 0.15) is 4.21 Å². The quantitative estimate of drug-likeness (QED) is 0.815. The fraction of sp³-hybridized carbons (Fsp3) is 0.385. The first-order chi connectivity index (χ1) is 9.04. The first-order valence-corrected chi connectivity index (χ1v) is 9.31. The molecule has 0 aliphatic heterocycles. The summed E-state index contributed by atoms with van der Waals surface area (Å²) in [6.07, 6.45) is 0.813.